The maximum atomic E-state index is 5.00. The predicted octanol–water partition coefficient (Wildman–Crippen LogP) is 2.71. The van der Waals surface area contributed by atoms with Crippen molar-refractivity contribution in [3.8, 4) is 0 Å². The van der Waals surface area contributed by atoms with E-state index in [1.54, 1.807) is 6.92 Å². The van der Waals surface area contributed by atoms with Gasteiger partial charge < -0.3 is 15.2 Å². The fraction of sp³-hybridized carbons (Fsp3) is 0.526. The molecule has 1 fully saturated rings. The number of nitrogens with zero attached hydrogens (tertiary/aromatic N) is 4. The average molecular weight is 484 g/mol. The number of aromatic nitrogens is 2. The maximum absolute atomic E-state index is 5.00. The predicted molar refractivity (Wildman–Crippen MR) is 117 cm³/mol. The molecule has 0 aliphatic carbocycles. The molecule has 3 rings (SSSR count). The van der Waals surface area contributed by atoms with Crippen molar-refractivity contribution in [1.82, 2.24) is 25.7 Å². The highest BCUT2D eigenvalue weighted by molar-refractivity contribution is 14.0. The third-order valence-electron chi connectivity index (χ3n) is 4.57. The van der Waals surface area contributed by atoms with Crippen molar-refractivity contribution < 1.29 is 4.52 Å². The van der Waals surface area contributed by atoms with Crippen molar-refractivity contribution in [2.75, 3.05) is 13.1 Å². The zero-order valence-electron chi connectivity index (χ0n) is 16.2. The van der Waals surface area contributed by atoms with Crippen LogP contribution in [0.4, 0.5) is 0 Å². The molecule has 1 aromatic heterocycles. The van der Waals surface area contributed by atoms with E-state index in [1.807, 2.05) is 0 Å². The number of hydrogen-bond donors (Lipinski definition) is 2. The van der Waals surface area contributed by atoms with Gasteiger partial charge in [-0.15, -0.1) is 24.0 Å². The van der Waals surface area contributed by atoms with Gasteiger partial charge in [-0.2, -0.15) is 4.98 Å². The first-order valence-corrected chi connectivity index (χ1v) is 9.26. The molecule has 0 amide bonds. The molecule has 1 aromatic carbocycles. The summed E-state index contributed by atoms with van der Waals surface area (Å²) in [6.45, 7) is 9.34. The summed E-state index contributed by atoms with van der Waals surface area (Å²) in [6.07, 6.45) is 1.10. The summed E-state index contributed by atoms with van der Waals surface area (Å²) >= 11 is 0. The molecule has 2 atom stereocenters. The Bertz CT molecular complexity index is 720. The zero-order valence-corrected chi connectivity index (χ0v) is 18.5. The Balaban J connectivity index is 0.00000261. The summed E-state index contributed by atoms with van der Waals surface area (Å²) in [5.74, 6) is 1.97. The molecule has 1 aliphatic heterocycles. The largest absolute Gasteiger partial charge is 0.357 e. The second-order valence-corrected chi connectivity index (χ2v) is 6.77. The molecule has 148 valence electrons. The first kappa shape index (κ1) is 21.6. The van der Waals surface area contributed by atoms with Gasteiger partial charge in [0.15, 0.2) is 11.8 Å². The number of halogens is 1. The molecule has 2 aromatic rings. The van der Waals surface area contributed by atoms with E-state index < -0.39 is 0 Å². The SMILES string of the molecule is CCNC(=NCc1noc(C)n1)NC1CC(C)N(Cc2ccccc2)C1.I. The second kappa shape index (κ2) is 10.6. The van der Waals surface area contributed by atoms with Gasteiger partial charge in [0.25, 0.3) is 0 Å². The fourth-order valence-electron chi connectivity index (χ4n) is 3.31. The molecule has 7 nitrogen and oxygen atoms in total. The van der Waals surface area contributed by atoms with Gasteiger partial charge in [0.1, 0.15) is 6.54 Å². The highest BCUT2D eigenvalue weighted by atomic mass is 127. The van der Waals surface area contributed by atoms with Crippen molar-refractivity contribution >= 4 is 29.9 Å². The number of nitrogens with one attached hydrogen (secondary N) is 2. The monoisotopic (exact) mass is 484 g/mol. The van der Waals surface area contributed by atoms with Gasteiger partial charge in [-0.25, -0.2) is 4.99 Å². The number of aryl methyl sites for hydroxylation is 1. The molecule has 0 spiro atoms. The molecule has 27 heavy (non-hydrogen) atoms. The van der Waals surface area contributed by atoms with Crippen LogP contribution in [-0.4, -0.2) is 46.2 Å². The highest BCUT2D eigenvalue weighted by Crippen LogP contribution is 2.20. The number of guanidine groups is 1. The van der Waals surface area contributed by atoms with Crippen LogP contribution in [0.3, 0.4) is 0 Å². The third-order valence-corrected chi connectivity index (χ3v) is 4.57. The molecular formula is C19H29IN6O. The van der Waals surface area contributed by atoms with Crippen LogP contribution in [0, 0.1) is 6.92 Å². The maximum Gasteiger partial charge on any atom is 0.223 e. The number of benzene rings is 1. The Labute approximate surface area is 178 Å². The summed E-state index contributed by atoms with van der Waals surface area (Å²) < 4.78 is 5.00. The van der Waals surface area contributed by atoms with E-state index in [0.717, 1.165) is 32.0 Å². The lowest BCUT2D eigenvalue weighted by molar-refractivity contribution is 0.258. The van der Waals surface area contributed by atoms with Crippen LogP contribution in [0.2, 0.25) is 0 Å². The lowest BCUT2D eigenvalue weighted by Crippen LogP contribution is -2.44. The number of aliphatic imine (C=N–C) groups is 1. The molecule has 0 saturated carbocycles. The Morgan fingerprint density at radius 2 is 2.11 bits per heavy atom. The number of hydrogen-bond acceptors (Lipinski definition) is 5. The van der Waals surface area contributed by atoms with Crippen LogP contribution in [0.25, 0.3) is 0 Å². The molecule has 2 heterocycles. The lowest BCUT2D eigenvalue weighted by atomic mass is 10.2. The van der Waals surface area contributed by atoms with Crippen molar-refractivity contribution in [1.29, 1.82) is 0 Å². The van der Waals surface area contributed by atoms with E-state index in [1.165, 1.54) is 5.56 Å². The summed E-state index contributed by atoms with van der Waals surface area (Å²) in [4.78, 5) is 11.3. The second-order valence-electron chi connectivity index (χ2n) is 6.77. The van der Waals surface area contributed by atoms with Crippen molar-refractivity contribution in [2.45, 2.75) is 52.4 Å². The molecule has 8 heteroatoms. The molecule has 1 saturated heterocycles. The Hall–Kier alpha value is -1.68. The van der Waals surface area contributed by atoms with E-state index >= 15 is 0 Å². The average Bonchev–Trinajstić information content (AvgIpc) is 3.19. The molecule has 0 bridgehead atoms. The Kier molecular flexibility index (Phi) is 8.49. The summed E-state index contributed by atoms with van der Waals surface area (Å²) in [6, 6.07) is 11.5. The smallest absolute Gasteiger partial charge is 0.223 e. The molecular weight excluding hydrogens is 455 g/mol. The van der Waals surface area contributed by atoms with Crippen molar-refractivity contribution in [3.63, 3.8) is 0 Å². The normalized spacial score (nSPS) is 20.3. The van der Waals surface area contributed by atoms with Crippen LogP contribution in [-0.2, 0) is 13.1 Å². The molecule has 2 N–H and O–H groups in total. The van der Waals surface area contributed by atoms with Crippen LogP contribution in [0.1, 0.15) is 37.5 Å². The van der Waals surface area contributed by atoms with E-state index in [0.29, 0.717) is 30.3 Å². The number of rotatable bonds is 6. The van der Waals surface area contributed by atoms with Crippen LogP contribution < -0.4 is 10.6 Å². The van der Waals surface area contributed by atoms with E-state index in [4.69, 9.17) is 4.52 Å². The van der Waals surface area contributed by atoms with Crippen molar-refractivity contribution in [3.05, 3.63) is 47.6 Å². The van der Waals surface area contributed by atoms with Crippen LogP contribution in [0.5, 0.6) is 0 Å². The third kappa shape index (κ3) is 6.46. The minimum atomic E-state index is 0. The Morgan fingerprint density at radius 1 is 1.33 bits per heavy atom. The minimum absolute atomic E-state index is 0. The standard InChI is InChI=1S/C19H28N6O.HI/c1-4-20-19(21-11-18-22-15(3)26-24-18)23-17-10-14(2)25(13-17)12-16-8-6-5-7-9-16;/h5-9,14,17H,4,10-13H2,1-3H3,(H2,20,21,23);1H. The molecule has 2 unspecified atom stereocenters. The van der Waals surface area contributed by atoms with E-state index in [-0.39, 0.29) is 24.0 Å². The van der Waals surface area contributed by atoms with Gasteiger partial charge in [-0.3, -0.25) is 4.90 Å². The van der Waals surface area contributed by atoms with Gasteiger partial charge >= 0.3 is 0 Å². The fourth-order valence-corrected chi connectivity index (χ4v) is 3.31. The molecule has 1 aliphatic rings. The van der Waals surface area contributed by atoms with Gasteiger partial charge in [0.2, 0.25) is 5.89 Å². The first-order chi connectivity index (χ1) is 12.6. The lowest BCUT2D eigenvalue weighted by Gasteiger charge is -2.21. The summed E-state index contributed by atoms with van der Waals surface area (Å²) in [5, 5.41) is 10.7. The van der Waals surface area contributed by atoms with Gasteiger partial charge in [-0.05, 0) is 25.8 Å². The zero-order chi connectivity index (χ0) is 18.4. The van der Waals surface area contributed by atoms with Crippen LogP contribution >= 0.6 is 24.0 Å². The first-order valence-electron chi connectivity index (χ1n) is 9.26. The van der Waals surface area contributed by atoms with Crippen LogP contribution in [0.15, 0.2) is 39.8 Å². The summed E-state index contributed by atoms with van der Waals surface area (Å²) in [5.41, 5.74) is 1.35. The summed E-state index contributed by atoms with van der Waals surface area (Å²) in [7, 11) is 0. The quantitative estimate of drug-likeness (QED) is 0.373. The topological polar surface area (TPSA) is 78.6 Å². The highest BCUT2D eigenvalue weighted by Gasteiger charge is 2.29. The number of likely N-dealkylation sites (tertiary alicyclic amines) is 1. The van der Waals surface area contributed by atoms with Gasteiger partial charge in [-0.1, -0.05) is 35.5 Å². The van der Waals surface area contributed by atoms with E-state index in [2.05, 4.69) is 74.8 Å². The van der Waals surface area contributed by atoms with Gasteiger partial charge in [0, 0.05) is 38.6 Å². The minimum Gasteiger partial charge on any atom is -0.357 e. The molecule has 0 radical (unpaired) electrons. The van der Waals surface area contributed by atoms with Crippen molar-refractivity contribution in [2.24, 2.45) is 4.99 Å². The van der Waals surface area contributed by atoms with Gasteiger partial charge in [0.05, 0.1) is 0 Å². The Morgan fingerprint density at radius 3 is 2.78 bits per heavy atom. The van der Waals surface area contributed by atoms with E-state index in [9.17, 15) is 0 Å².